The maximum atomic E-state index is 13.9. The van der Waals surface area contributed by atoms with Crippen LogP contribution in [-0.4, -0.2) is 50.5 Å². The summed E-state index contributed by atoms with van der Waals surface area (Å²) in [6, 6.07) is 23.9. The summed E-state index contributed by atoms with van der Waals surface area (Å²) >= 11 is 3.51. The number of nitrogens with zero attached hydrogens (tertiary/aromatic N) is 2. The lowest BCUT2D eigenvalue weighted by Gasteiger charge is -2.32. The second-order valence-electron chi connectivity index (χ2n) is 10.7. The predicted octanol–water partition coefficient (Wildman–Crippen LogP) is 5.72. The van der Waals surface area contributed by atoms with Gasteiger partial charge in [-0.2, -0.15) is 0 Å². The van der Waals surface area contributed by atoms with E-state index < -0.39 is 16.1 Å². The molecular formula is C32H40BrN3O4S. The minimum absolute atomic E-state index is 0.0919. The summed E-state index contributed by atoms with van der Waals surface area (Å²) < 4.78 is 27.6. The van der Waals surface area contributed by atoms with Crippen LogP contribution in [0.3, 0.4) is 0 Å². The lowest BCUT2D eigenvalue weighted by atomic mass is 10.0. The Morgan fingerprint density at radius 2 is 1.59 bits per heavy atom. The molecule has 0 saturated heterocycles. The Morgan fingerprint density at radius 3 is 2.22 bits per heavy atom. The molecule has 0 saturated carbocycles. The number of carbonyl (C=O) groups is 2. The number of carbonyl (C=O) groups excluding carboxylic acids is 2. The number of benzene rings is 3. The van der Waals surface area contributed by atoms with Gasteiger partial charge in [0.2, 0.25) is 21.8 Å². The molecule has 0 spiro atoms. The van der Waals surface area contributed by atoms with E-state index in [1.165, 1.54) is 10.6 Å². The molecule has 0 bridgehead atoms. The van der Waals surface area contributed by atoms with E-state index in [0.717, 1.165) is 21.2 Å². The summed E-state index contributed by atoms with van der Waals surface area (Å²) in [5.74, 6) is -0.151. The van der Waals surface area contributed by atoms with Crippen molar-refractivity contribution in [3.05, 3.63) is 100 Å². The number of halogens is 1. The molecule has 0 aliphatic heterocycles. The van der Waals surface area contributed by atoms with Crippen LogP contribution in [0.5, 0.6) is 0 Å². The molecule has 2 amide bonds. The van der Waals surface area contributed by atoms with Crippen LogP contribution < -0.4 is 9.62 Å². The Balaban J connectivity index is 1.89. The molecular weight excluding hydrogens is 602 g/mol. The third-order valence-corrected chi connectivity index (χ3v) is 8.41. The van der Waals surface area contributed by atoms with Crippen molar-refractivity contribution >= 4 is 43.5 Å². The van der Waals surface area contributed by atoms with Gasteiger partial charge >= 0.3 is 0 Å². The van der Waals surface area contributed by atoms with Crippen molar-refractivity contribution in [2.45, 2.75) is 52.6 Å². The number of rotatable bonds is 14. The fourth-order valence-corrected chi connectivity index (χ4v) is 6.10. The average molecular weight is 643 g/mol. The number of aryl methyl sites for hydroxylation is 1. The zero-order chi connectivity index (χ0) is 30.0. The van der Waals surface area contributed by atoms with Crippen LogP contribution in [0.25, 0.3) is 0 Å². The zero-order valence-electron chi connectivity index (χ0n) is 24.2. The molecule has 0 aliphatic rings. The molecule has 0 aromatic heterocycles. The first-order valence-corrected chi connectivity index (χ1v) is 16.5. The number of hydrogen-bond acceptors (Lipinski definition) is 4. The molecule has 0 fully saturated rings. The van der Waals surface area contributed by atoms with Gasteiger partial charge in [0.1, 0.15) is 6.04 Å². The summed E-state index contributed by atoms with van der Waals surface area (Å²) in [6.07, 6.45) is 1.94. The maximum absolute atomic E-state index is 13.9. The molecule has 220 valence electrons. The minimum Gasteiger partial charge on any atom is -0.354 e. The normalized spacial score (nSPS) is 12.1. The molecule has 3 rings (SSSR count). The second kappa shape index (κ2) is 15.2. The zero-order valence-corrected chi connectivity index (χ0v) is 26.6. The van der Waals surface area contributed by atoms with E-state index in [9.17, 15) is 18.0 Å². The van der Waals surface area contributed by atoms with Gasteiger partial charge in [0.25, 0.3) is 0 Å². The standard InChI is InChI=1S/C32H40BrN3O4S/c1-24(2)22-34-32(38)30(21-26-13-6-5-7-14-26)35(23-27-15-10-16-28(33)20-27)31(37)18-11-19-36(41(4,39)40)29-17-9-8-12-25(29)3/h5-10,12-17,20,24,30H,11,18-19,21-23H2,1-4H3,(H,34,38). The van der Waals surface area contributed by atoms with Crippen LogP contribution in [0.15, 0.2) is 83.3 Å². The van der Waals surface area contributed by atoms with Crippen molar-refractivity contribution < 1.29 is 18.0 Å². The number of hydrogen-bond donors (Lipinski definition) is 1. The number of para-hydroxylation sites is 1. The monoisotopic (exact) mass is 641 g/mol. The third-order valence-electron chi connectivity index (χ3n) is 6.73. The van der Waals surface area contributed by atoms with E-state index in [2.05, 4.69) is 21.2 Å². The molecule has 0 heterocycles. The second-order valence-corrected chi connectivity index (χ2v) is 13.5. The number of anilines is 1. The topological polar surface area (TPSA) is 86.8 Å². The number of sulfonamides is 1. The van der Waals surface area contributed by atoms with Crippen LogP contribution in [-0.2, 0) is 32.6 Å². The molecule has 1 atom stereocenters. The van der Waals surface area contributed by atoms with E-state index >= 15 is 0 Å². The van der Waals surface area contributed by atoms with Crippen molar-refractivity contribution in [1.29, 1.82) is 0 Å². The Hall–Kier alpha value is -3.17. The van der Waals surface area contributed by atoms with Crippen LogP contribution in [0.2, 0.25) is 0 Å². The van der Waals surface area contributed by atoms with Gasteiger partial charge in [-0.1, -0.05) is 90.4 Å². The molecule has 7 nitrogen and oxygen atoms in total. The van der Waals surface area contributed by atoms with Crippen LogP contribution >= 0.6 is 15.9 Å². The SMILES string of the molecule is Cc1ccccc1N(CCCC(=O)N(Cc1cccc(Br)c1)C(Cc1ccccc1)C(=O)NCC(C)C)S(C)(=O)=O. The smallest absolute Gasteiger partial charge is 0.243 e. The summed E-state index contributed by atoms with van der Waals surface area (Å²) in [6.45, 7) is 6.82. The van der Waals surface area contributed by atoms with Crippen molar-refractivity contribution in [3.63, 3.8) is 0 Å². The van der Waals surface area contributed by atoms with Gasteiger partial charge in [0.15, 0.2) is 0 Å². The largest absolute Gasteiger partial charge is 0.354 e. The van der Waals surface area contributed by atoms with E-state index in [1.54, 1.807) is 17.0 Å². The van der Waals surface area contributed by atoms with Gasteiger partial charge < -0.3 is 10.2 Å². The minimum atomic E-state index is -3.56. The fourth-order valence-electron chi connectivity index (χ4n) is 4.63. The van der Waals surface area contributed by atoms with E-state index in [1.807, 2.05) is 87.5 Å². The van der Waals surface area contributed by atoms with Gasteiger partial charge in [0.05, 0.1) is 11.9 Å². The van der Waals surface area contributed by atoms with Crippen LogP contribution in [0, 0.1) is 12.8 Å². The Kier molecular flexibility index (Phi) is 12.0. The third kappa shape index (κ3) is 10.0. The van der Waals surface area contributed by atoms with Gasteiger partial charge in [-0.3, -0.25) is 13.9 Å². The van der Waals surface area contributed by atoms with Gasteiger partial charge in [-0.25, -0.2) is 8.42 Å². The lowest BCUT2D eigenvalue weighted by molar-refractivity contribution is -0.141. The van der Waals surface area contributed by atoms with Crippen molar-refractivity contribution in [1.82, 2.24) is 10.2 Å². The summed E-state index contributed by atoms with van der Waals surface area (Å²) in [4.78, 5) is 29.1. The maximum Gasteiger partial charge on any atom is 0.243 e. The highest BCUT2D eigenvalue weighted by atomic mass is 79.9. The first-order valence-electron chi connectivity index (χ1n) is 13.8. The molecule has 3 aromatic rings. The molecule has 1 N–H and O–H groups in total. The van der Waals surface area contributed by atoms with Crippen LogP contribution in [0.1, 0.15) is 43.4 Å². The highest BCUT2D eigenvalue weighted by Crippen LogP contribution is 2.23. The lowest BCUT2D eigenvalue weighted by Crippen LogP contribution is -2.51. The number of amides is 2. The Morgan fingerprint density at radius 1 is 0.927 bits per heavy atom. The van der Waals surface area contributed by atoms with Gasteiger partial charge in [-0.05, 0) is 54.2 Å². The van der Waals surface area contributed by atoms with E-state index in [0.29, 0.717) is 25.1 Å². The molecule has 0 radical (unpaired) electrons. The first-order chi connectivity index (χ1) is 19.5. The Bertz CT molecular complexity index is 1410. The molecule has 41 heavy (non-hydrogen) atoms. The van der Waals surface area contributed by atoms with Crippen molar-refractivity contribution in [3.8, 4) is 0 Å². The van der Waals surface area contributed by atoms with E-state index in [4.69, 9.17) is 0 Å². The van der Waals surface area contributed by atoms with Gasteiger partial charge in [-0.15, -0.1) is 0 Å². The molecule has 0 aliphatic carbocycles. The summed E-state index contributed by atoms with van der Waals surface area (Å²) in [5.41, 5.74) is 3.28. The van der Waals surface area contributed by atoms with Gasteiger partial charge in [0, 0.05) is 36.9 Å². The Labute approximate surface area is 253 Å². The van der Waals surface area contributed by atoms with E-state index in [-0.39, 0.29) is 37.2 Å². The van der Waals surface area contributed by atoms with Crippen molar-refractivity contribution in [2.24, 2.45) is 5.92 Å². The first kappa shape index (κ1) is 32.3. The molecule has 9 heteroatoms. The average Bonchev–Trinajstić information content (AvgIpc) is 2.92. The number of nitrogens with one attached hydrogen (secondary N) is 1. The highest BCUT2D eigenvalue weighted by Gasteiger charge is 2.30. The van der Waals surface area contributed by atoms with Crippen molar-refractivity contribution in [2.75, 3.05) is 23.7 Å². The highest BCUT2D eigenvalue weighted by molar-refractivity contribution is 9.10. The fraction of sp³-hybridized carbons (Fsp3) is 0.375. The summed E-state index contributed by atoms with van der Waals surface area (Å²) in [7, 11) is -3.56. The molecule has 1 unspecified atom stereocenters. The predicted molar refractivity (Wildman–Crippen MR) is 169 cm³/mol. The summed E-state index contributed by atoms with van der Waals surface area (Å²) in [5, 5.41) is 3.03. The van der Waals surface area contributed by atoms with Crippen LogP contribution in [0.4, 0.5) is 5.69 Å². The molecule has 3 aromatic carbocycles. The quantitative estimate of drug-likeness (QED) is 0.244.